The van der Waals surface area contributed by atoms with Gasteiger partial charge in [0.05, 0.1) is 7.11 Å². The molecule has 0 aliphatic rings. The highest BCUT2D eigenvalue weighted by atomic mass is 16.5. The molecular formula is C14H24O2. The molecule has 0 saturated carbocycles. The minimum Gasteiger partial charge on any atom is -0.496 e. The number of rotatable bonds is 2. The van der Waals surface area contributed by atoms with Gasteiger partial charge in [-0.25, -0.2) is 0 Å². The summed E-state index contributed by atoms with van der Waals surface area (Å²) in [4.78, 5) is 0. The van der Waals surface area contributed by atoms with Crippen molar-refractivity contribution in [1.29, 1.82) is 0 Å². The van der Waals surface area contributed by atoms with Crippen molar-refractivity contribution in [2.45, 2.75) is 33.1 Å². The van der Waals surface area contributed by atoms with Crippen LogP contribution in [0.15, 0.2) is 24.3 Å². The van der Waals surface area contributed by atoms with Crippen LogP contribution in [0, 0.1) is 0 Å². The van der Waals surface area contributed by atoms with E-state index in [1.165, 1.54) is 5.56 Å². The zero-order chi connectivity index (χ0) is 12.6. The Balaban J connectivity index is 0.000000487. The molecule has 1 aromatic rings. The maximum absolute atomic E-state index is 5.27. The van der Waals surface area contributed by atoms with Gasteiger partial charge in [-0.15, -0.1) is 0 Å². The second-order valence-electron chi connectivity index (χ2n) is 4.53. The van der Waals surface area contributed by atoms with Crippen LogP contribution in [0.25, 0.3) is 0 Å². The van der Waals surface area contributed by atoms with Gasteiger partial charge in [0.25, 0.3) is 0 Å². The topological polar surface area (TPSA) is 18.5 Å². The summed E-state index contributed by atoms with van der Waals surface area (Å²) in [7, 11) is 3.39. The van der Waals surface area contributed by atoms with Crippen LogP contribution in [0.3, 0.4) is 0 Å². The van der Waals surface area contributed by atoms with E-state index in [2.05, 4.69) is 31.6 Å². The summed E-state index contributed by atoms with van der Waals surface area (Å²) in [5.41, 5.74) is 1.42. The zero-order valence-electron chi connectivity index (χ0n) is 11.3. The molecule has 0 N–H and O–H groups in total. The normalized spacial score (nSPS) is 10.4. The number of hydrogen-bond acceptors (Lipinski definition) is 2. The first-order chi connectivity index (χ1) is 7.47. The molecule has 16 heavy (non-hydrogen) atoms. The third-order valence-electron chi connectivity index (χ3n) is 2.20. The fourth-order valence-corrected chi connectivity index (χ4v) is 1.26. The van der Waals surface area contributed by atoms with Crippen LogP contribution in [0.4, 0.5) is 0 Å². The molecule has 1 rings (SSSR count). The van der Waals surface area contributed by atoms with E-state index in [1.807, 2.05) is 25.1 Å². The number of methoxy groups -OCH3 is 2. The smallest absolute Gasteiger partial charge is 0.122 e. The lowest BCUT2D eigenvalue weighted by molar-refractivity contribution is 0.215. The molecule has 2 nitrogen and oxygen atoms in total. The van der Waals surface area contributed by atoms with E-state index in [4.69, 9.17) is 4.74 Å². The first-order valence-corrected chi connectivity index (χ1v) is 5.59. The number of hydrogen-bond donors (Lipinski definition) is 0. The van der Waals surface area contributed by atoms with E-state index < -0.39 is 0 Å². The molecule has 0 bridgehead atoms. The van der Waals surface area contributed by atoms with E-state index >= 15 is 0 Å². The lowest BCUT2D eigenvalue weighted by Crippen LogP contribution is -2.12. The largest absolute Gasteiger partial charge is 0.496 e. The van der Waals surface area contributed by atoms with Crippen molar-refractivity contribution in [1.82, 2.24) is 0 Å². The van der Waals surface area contributed by atoms with Crippen LogP contribution in [-0.4, -0.2) is 20.8 Å². The van der Waals surface area contributed by atoms with Crippen molar-refractivity contribution < 1.29 is 9.47 Å². The first kappa shape index (κ1) is 15.0. The molecule has 0 amide bonds. The molecule has 2 heteroatoms. The summed E-state index contributed by atoms with van der Waals surface area (Å²) in [6.07, 6.45) is 0. The monoisotopic (exact) mass is 224 g/mol. The Morgan fingerprint density at radius 3 is 1.88 bits per heavy atom. The van der Waals surface area contributed by atoms with E-state index in [0.717, 1.165) is 12.4 Å². The minimum atomic E-state index is 0.159. The first-order valence-electron chi connectivity index (χ1n) is 5.59. The van der Waals surface area contributed by atoms with Crippen LogP contribution in [0.2, 0.25) is 0 Å². The molecule has 0 atom stereocenters. The van der Waals surface area contributed by atoms with Crippen molar-refractivity contribution in [2.24, 2.45) is 0 Å². The highest BCUT2D eigenvalue weighted by Gasteiger charge is 2.17. The molecule has 0 radical (unpaired) electrons. The quantitative estimate of drug-likeness (QED) is 0.763. The number of benzene rings is 1. The van der Waals surface area contributed by atoms with Gasteiger partial charge in [0.2, 0.25) is 0 Å². The van der Waals surface area contributed by atoms with Crippen molar-refractivity contribution in [3.8, 4) is 5.75 Å². The van der Waals surface area contributed by atoms with E-state index in [1.54, 1.807) is 14.2 Å². The molecule has 1 aromatic carbocycles. The average molecular weight is 224 g/mol. The Bertz CT molecular complexity index is 285. The maximum Gasteiger partial charge on any atom is 0.122 e. The van der Waals surface area contributed by atoms with Crippen molar-refractivity contribution in [3.05, 3.63) is 29.8 Å². The fraction of sp³-hybridized carbons (Fsp3) is 0.571. The van der Waals surface area contributed by atoms with Gasteiger partial charge >= 0.3 is 0 Å². The van der Waals surface area contributed by atoms with Crippen LogP contribution in [0.5, 0.6) is 5.75 Å². The van der Waals surface area contributed by atoms with Crippen LogP contribution >= 0.6 is 0 Å². The SMILES string of the molecule is CCOC.COc1ccccc1C(C)(C)C. The molecule has 0 aromatic heterocycles. The predicted molar refractivity (Wildman–Crippen MR) is 69.2 cm³/mol. The molecule has 0 aliphatic carbocycles. The summed E-state index contributed by atoms with van der Waals surface area (Å²) >= 11 is 0. The van der Waals surface area contributed by atoms with Crippen LogP contribution < -0.4 is 4.74 Å². The molecule has 0 heterocycles. The zero-order valence-corrected chi connectivity index (χ0v) is 11.3. The third kappa shape index (κ3) is 5.17. The molecular weight excluding hydrogens is 200 g/mol. The van der Waals surface area contributed by atoms with E-state index in [0.29, 0.717) is 0 Å². The van der Waals surface area contributed by atoms with Gasteiger partial charge in [-0.3, -0.25) is 0 Å². The second kappa shape index (κ2) is 7.29. The van der Waals surface area contributed by atoms with Gasteiger partial charge in [-0.05, 0) is 24.0 Å². The summed E-state index contributed by atoms with van der Waals surface area (Å²) < 4.78 is 9.81. The van der Waals surface area contributed by atoms with Gasteiger partial charge in [-0.2, -0.15) is 0 Å². The van der Waals surface area contributed by atoms with Crippen molar-refractivity contribution in [3.63, 3.8) is 0 Å². The Labute approximate surface area is 99.6 Å². The predicted octanol–water partition coefficient (Wildman–Crippen LogP) is 3.65. The Kier molecular flexibility index (Phi) is 6.82. The molecule has 0 spiro atoms. The van der Waals surface area contributed by atoms with Gasteiger partial charge < -0.3 is 9.47 Å². The van der Waals surface area contributed by atoms with Gasteiger partial charge in [0, 0.05) is 13.7 Å². The molecule has 0 unspecified atom stereocenters. The van der Waals surface area contributed by atoms with Gasteiger partial charge in [0.15, 0.2) is 0 Å². The number of ether oxygens (including phenoxy) is 2. The summed E-state index contributed by atoms with van der Waals surface area (Å²) in [6.45, 7) is 9.33. The minimum absolute atomic E-state index is 0.159. The molecule has 0 saturated heterocycles. The Hall–Kier alpha value is -1.02. The molecule has 0 aliphatic heterocycles. The third-order valence-corrected chi connectivity index (χ3v) is 2.20. The van der Waals surface area contributed by atoms with Crippen LogP contribution in [0.1, 0.15) is 33.3 Å². The highest BCUT2D eigenvalue weighted by Crippen LogP contribution is 2.30. The molecule has 0 fully saturated rings. The summed E-state index contributed by atoms with van der Waals surface area (Å²) in [5.74, 6) is 0.977. The standard InChI is InChI=1S/C11H16O.C3H8O/c1-11(2,3)9-7-5-6-8-10(9)12-4;1-3-4-2/h5-8H,1-4H3;3H2,1-2H3. The van der Waals surface area contributed by atoms with Crippen molar-refractivity contribution in [2.75, 3.05) is 20.8 Å². The van der Waals surface area contributed by atoms with Crippen LogP contribution in [-0.2, 0) is 10.2 Å². The molecule has 92 valence electrons. The lowest BCUT2D eigenvalue weighted by Gasteiger charge is -2.21. The van der Waals surface area contributed by atoms with Crippen molar-refractivity contribution >= 4 is 0 Å². The number of para-hydroxylation sites is 1. The Morgan fingerprint density at radius 2 is 1.56 bits per heavy atom. The van der Waals surface area contributed by atoms with E-state index in [9.17, 15) is 0 Å². The van der Waals surface area contributed by atoms with E-state index in [-0.39, 0.29) is 5.41 Å². The average Bonchev–Trinajstić information content (AvgIpc) is 2.28. The summed E-state index contributed by atoms with van der Waals surface area (Å²) in [5, 5.41) is 0. The fourth-order valence-electron chi connectivity index (χ4n) is 1.26. The lowest BCUT2D eigenvalue weighted by atomic mass is 9.86. The maximum atomic E-state index is 5.27. The highest BCUT2D eigenvalue weighted by molar-refractivity contribution is 5.38. The summed E-state index contributed by atoms with van der Waals surface area (Å²) in [6, 6.07) is 8.15. The Morgan fingerprint density at radius 1 is 1.06 bits per heavy atom. The van der Waals surface area contributed by atoms with Gasteiger partial charge in [-0.1, -0.05) is 39.0 Å². The second-order valence-corrected chi connectivity index (χ2v) is 4.53. The van der Waals surface area contributed by atoms with Gasteiger partial charge in [0.1, 0.15) is 5.75 Å².